The molecule has 1 aromatic carbocycles. The Labute approximate surface area is 175 Å². The molecule has 0 N–H and O–H groups in total. The number of benzene rings is 1. The quantitative estimate of drug-likeness (QED) is 0.703. The van der Waals surface area contributed by atoms with E-state index in [-0.39, 0.29) is 16.8 Å². The summed E-state index contributed by atoms with van der Waals surface area (Å²) >= 11 is 0. The minimum atomic E-state index is -3.57. The lowest BCUT2D eigenvalue weighted by Crippen LogP contribution is -2.45. The van der Waals surface area contributed by atoms with Crippen molar-refractivity contribution in [3.63, 3.8) is 0 Å². The predicted molar refractivity (Wildman–Crippen MR) is 114 cm³/mol. The van der Waals surface area contributed by atoms with Gasteiger partial charge < -0.3 is 4.90 Å². The first kappa shape index (κ1) is 20.9. The molecule has 2 aliphatic carbocycles. The number of nitrogens with zero attached hydrogens (tertiary/aromatic N) is 2. The Balaban J connectivity index is 1.62. The van der Waals surface area contributed by atoms with Crippen LogP contribution in [0.25, 0.3) is 0 Å². The summed E-state index contributed by atoms with van der Waals surface area (Å²) in [6.45, 7) is 2.55. The lowest BCUT2D eigenvalue weighted by molar-refractivity contribution is 0.0580. The van der Waals surface area contributed by atoms with Gasteiger partial charge in [0.25, 0.3) is 5.91 Å². The third-order valence-corrected chi connectivity index (χ3v) is 9.11. The van der Waals surface area contributed by atoms with Gasteiger partial charge in [-0.25, -0.2) is 8.42 Å². The number of sulfonamides is 1. The summed E-state index contributed by atoms with van der Waals surface area (Å²) in [5, 5.41) is 0. The lowest BCUT2D eigenvalue weighted by atomic mass is 10.1. The topological polar surface area (TPSA) is 57.7 Å². The molecule has 3 fully saturated rings. The predicted octanol–water partition coefficient (Wildman–Crippen LogP) is 4.58. The van der Waals surface area contributed by atoms with Gasteiger partial charge in [0.05, 0.1) is 4.90 Å². The molecule has 0 spiro atoms. The second-order valence-electron chi connectivity index (χ2n) is 9.08. The van der Waals surface area contributed by atoms with Crippen molar-refractivity contribution in [1.29, 1.82) is 0 Å². The molecule has 3 aliphatic rings. The van der Waals surface area contributed by atoms with Gasteiger partial charge in [0.2, 0.25) is 10.0 Å². The fourth-order valence-corrected chi connectivity index (χ4v) is 7.24. The zero-order chi connectivity index (χ0) is 20.4. The third kappa shape index (κ3) is 4.24. The molecule has 1 aromatic rings. The van der Waals surface area contributed by atoms with Crippen molar-refractivity contribution < 1.29 is 13.2 Å². The number of carbonyl (C=O) groups excluding carboxylic acids is 1. The lowest BCUT2D eigenvalue weighted by Gasteiger charge is -2.35. The van der Waals surface area contributed by atoms with Crippen LogP contribution in [0.15, 0.2) is 29.2 Å². The van der Waals surface area contributed by atoms with Crippen molar-refractivity contribution in [1.82, 2.24) is 9.21 Å². The van der Waals surface area contributed by atoms with Crippen molar-refractivity contribution in [3.05, 3.63) is 29.8 Å². The Morgan fingerprint density at radius 2 is 1.52 bits per heavy atom. The van der Waals surface area contributed by atoms with E-state index in [4.69, 9.17) is 0 Å². The summed E-state index contributed by atoms with van der Waals surface area (Å²) in [5.41, 5.74) is 0.523. The molecular formula is C23H34N2O3S. The van der Waals surface area contributed by atoms with E-state index in [1.165, 1.54) is 25.7 Å². The largest absolute Gasteiger partial charge is 0.333 e. The van der Waals surface area contributed by atoms with Crippen molar-refractivity contribution in [2.45, 2.75) is 101 Å². The number of amides is 1. The van der Waals surface area contributed by atoms with Crippen molar-refractivity contribution >= 4 is 15.9 Å². The highest BCUT2D eigenvalue weighted by molar-refractivity contribution is 7.89. The minimum Gasteiger partial charge on any atom is -0.333 e. The van der Waals surface area contributed by atoms with Crippen LogP contribution in [-0.4, -0.2) is 48.2 Å². The van der Waals surface area contributed by atoms with Gasteiger partial charge in [0.15, 0.2) is 0 Å². The van der Waals surface area contributed by atoms with Crippen LogP contribution in [0.3, 0.4) is 0 Å². The zero-order valence-electron chi connectivity index (χ0n) is 17.6. The van der Waals surface area contributed by atoms with E-state index in [0.29, 0.717) is 24.2 Å². The van der Waals surface area contributed by atoms with Gasteiger partial charge in [0, 0.05) is 30.2 Å². The van der Waals surface area contributed by atoms with Gasteiger partial charge in [-0.2, -0.15) is 4.31 Å². The maximum Gasteiger partial charge on any atom is 0.254 e. The summed E-state index contributed by atoms with van der Waals surface area (Å²) < 4.78 is 28.1. The molecule has 2 saturated carbocycles. The summed E-state index contributed by atoms with van der Waals surface area (Å²) in [5.74, 6) is 0.0209. The van der Waals surface area contributed by atoms with E-state index in [9.17, 15) is 13.2 Å². The minimum absolute atomic E-state index is 0.0154. The van der Waals surface area contributed by atoms with Gasteiger partial charge in [-0.1, -0.05) is 38.2 Å². The maximum atomic E-state index is 13.6. The van der Waals surface area contributed by atoms with E-state index in [0.717, 1.165) is 44.9 Å². The van der Waals surface area contributed by atoms with Gasteiger partial charge in [-0.3, -0.25) is 4.79 Å². The molecule has 1 atom stereocenters. The molecule has 6 heteroatoms. The number of piperidine rings is 1. The average molecular weight is 419 g/mol. The fourth-order valence-electron chi connectivity index (χ4n) is 5.50. The molecule has 0 radical (unpaired) electrons. The van der Waals surface area contributed by atoms with Crippen LogP contribution in [0.4, 0.5) is 0 Å². The van der Waals surface area contributed by atoms with Crippen LogP contribution in [0.5, 0.6) is 0 Å². The second-order valence-corrected chi connectivity index (χ2v) is 11.0. The highest BCUT2D eigenvalue weighted by Crippen LogP contribution is 2.33. The first-order valence-corrected chi connectivity index (χ1v) is 12.9. The summed E-state index contributed by atoms with van der Waals surface area (Å²) in [4.78, 5) is 15.9. The summed E-state index contributed by atoms with van der Waals surface area (Å²) in [7, 11) is -3.57. The van der Waals surface area contributed by atoms with Crippen molar-refractivity contribution in [3.8, 4) is 0 Å². The van der Waals surface area contributed by atoms with E-state index >= 15 is 0 Å². The van der Waals surface area contributed by atoms with Gasteiger partial charge in [-0.15, -0.1) is 0 Å². The first-order valence-electron chi connectivity index (χ1n) is 11.4. The van der Waals surface area contributed by atoms with Gasteiger partial charge in [0.1, 0.15) is 0 Å². The van der Waals surface area contributed by atoms with Crippen LogP contribution in [0, 0.1) is 0 Å². The van der Waals surface area contributed by atoms with E-state index in [1.54, 1.807) is 28.6 Å². The molecule has 29 heavy (non-hydrogen) atoms. The van der Waals surface area contributed by atoms with Crippen LogP contribution in [0.1, 0.15) is 87.9 Å². The normalized spacial score (nSPS) is 24.8. The van der Waals surface area contributed by atoms with Crippen LogP contribution in [-0.2, 0) is 10.0 Å². The molecule has 1 heterocycles. The maximum absolute atomic E-state index is 13.6. The standard InChI is InChI=1S/C23H34N2O3S/c1-18-9-6-7-16-24(18)29(27,28)22-15-8-10-19(17-22)23(26)25(20-11-2-3-12-20)21-13-4-5-14-21/h8,10,15,17-18,20-21H,2-7,9,11-14,16H2,1H3. The molecule has 5 nitrogen and oxygen atoms in total. The van der Waals surface area contributed by atoms with Gasteiger partial charge >= 0.3 is 0 Å². The highest BCUT2D eigenvalue weighted by atomic mass is 32.2. The average Bonchev–Trinajstić information content (AvgIpc) is 3.43. The monoisotopic (exact) mass is 418 g/mol. The number of carbonyl (C=O) groups is 1. The number of hydrogen-bond acceptors (Lipinski definition) is 3. The molecule has 1 saturated heterocycles. The van der Waals surface area contributed by atoms with Crippen molar-refractivity contribution in [2.75, 3.05) is 6.54 Å². The third-order valence-electron chi connectivity index (χ3n) is 7.10. The Morgan fingerprint density at radius 3 is 2.10 bits per heavy atom. The van der Waals surface area contributed by atoms with E-state index in [2.05, 4.69) is 4.90 Å². The molecular weight excluding hydrogens is 384 g/mol. The molecule has 1 unspecified atom stereocenters. The van der Waals surface area contributed by atoms with Crippen LogP contribution >= 0.6 is 0 Å². The molecule has 0 aromatic heterocycles. The highest BCUT2D eigenvalue weighted by Gasteiger charge is 2.36. The van der Waals surface area contributed by atoms with Crippen LogP contribution in [0.2, 0.25) is 0 Å². The fraction of sp³-hybridized carbons (Fsp3) is 0.696. The van der Waals surface area contributed by atoms with E-state index < -0.39 is 10.0 Å². The van der Waals surface area contributed by atoms with Crippen LogP contribution < -0.4 is 0 Å². The molecule has 160 valence electrons. The smallest absolute Gasteiger partial charge is 0.254 e. The first-order chi connectivity index (χ1) is 14.0. The van der Waals surface area contributed by atoms with Gasteiger partial charge in [-0.05, 0) is 63.6 Å². The Kier molecular flexibility index (Phi) is 6.30. The number of rotatable bonds is 5. The second kappa shape index (κ2) is 8.76. The summed E-state index contributed by atoms with van der Waals surface area (Å²) in [6.07, 6.45) is 11.9. The summed E-state index contributed by atoms with van der Waals surface area (Å²) in [6, 6.07) is 7.43. The Hall–Kier alpha value is -1.40. The Morgan fingerprint density at radius 1 is 0.931 bits per heavy atom. The number of hydrogen-bond donors (Lipinski definition) is 0. The Bertz CT molecular complexity index is 810. The molecule has 4 rings (SSSR count). The molecule has 0 bridgehead atoms. The molecule has 1 amide bonds. The zero-order valence-corrected chi connectivity index (χ0v) is 18.4. The molecule has 1 aliphatic heterocycles. The van der Waals surface area contributed by atoms with Crippen molar-refractivity contribution in [2.24, 2.45) is 0 Å². The SMILES string of the molecule is CC1CCCCN1S(=O)(=O)c1cccc(C(=O)N(C2CCCC2)C2CCCC2)c1. The van der Waals surface area contributed by atoms with E-state index in [1.807, 2.05) is 6.92 Å².